The molecule has 0 spiro atoms. The van der Waals surface area contributed by atoms with Crippen LogP contribution in [-0.4, -0.2) is 9.85 Å². The Bertz CT molecular complexity index is 1270. The molecule has 1 aromatic heterocycles. The van der Waals surface area contributed by atoms with E-state index >= 15 is 0 Å². The van der Waals surface area contributed by atoms with Gasteiger partial charge in [0.1, 0.15) is 17.6 Å². The van der Waals surface area contributed by atoms with Gasteiger partial charge in [0.2, 0.25) is 5.36 Å². The van der Waals surface area contributed by atoms with Crippen molar-refractivity contribution in [2.24, 2.45) is 0 Å². The number of rotatable bonds is 5. The van der Waals surface area contributed by atoms with E-state index in [2.05, 4.69) is 4.99 Å². The van der Waals surface area contributed by atoms with Gasteiger partial charge in [-0.2, -0.15) is 4.99 Å². The van der Waals surface area contributed by atoms with Crippen LogP contribution in [0.5, 0.6) is 0 Å². The van der Waals surface area contributed by atoms with Crippen molar-refractivity contribution in [3.05, 3.63) is 117 Å². The lowest BCUT2D eigenvalue weighted by Gasteiger charge is -2.04. The first-order valence-electron chi connectivity index (χ1n) is 9.30. The lowest BCUT2D eigenvalue weighted by atomic mass is 10.1. The minimum atomic E-state index is -0.667. The predicted octanol–water partition coefficient (Wildman–Crippen LogP) is 3.74. The molecule has 0 atom stereocenters. The van der Waals surface area contributed by atoms with Gasteiger partial charge >= 0.3 is 5.69 Å². The van der Waals surface area contributed by atoms with Crippen molar-refractivity contribution >= 4 is 17.1 Å². The molecule has 31 heavy (non-hydrogen) atoms. The second kappa shape index (κ2) is 8.42. The summed E-state index contributed by atoms with van der Waals surface area (Å²) < 4.78 is 6.09. The topological polar surface area (TPSA) is 113 Å². The maximum atomic E-state index is 11.5. The Morgan fingerprint density at radius 1 is 0.677 bits per heavy atom. The molecule has 8 heteroatoms. The number of nitro benzene ring substituents is 2. The Hall–Kier alpha value is -4.59. The molecule has 0 aliphatic rings. The Morgan fingerprint density at radius 2 is 1.23 bits per heavy atom. The Kier molecular flexibility index (Phi) is 5.35. The van der Waals surface area contributed by atoms with Gasteiger partial charge in [0.05, 0.1) is 22.0 Å². The van der Waals surface area contributed by atoms with Crippen molar-refractivity contribution in [1.82, 2.24) is 0 Å². The third-order valence-corrected chi connectivity index (χ3v) is 4.58. The minimum absolute atomic E-state index is 0.139. The molecule has 0 amide bonds. The highest BCUT2D eigenvalue weighted by Gasteiger charge is 2.23. The van der Waals surface area contributed by atoms with Crippen LogP contribution < -0.4 is 10.3 Å². The molecule has 4 aromatic rings. The van der Waals surface area contributed by atoms with Crippen LogP contribution in [-0.2, 0) is 0 Å². The maximum Gasteiger partial charge on any atom is 0.346 e. The molecule has 0 radical (unpaired) electrons. The van der Waals surface area contributed by atoms with Crippen LogP contribution in [0, 0.1) is 20.2 Å². The third-order valence-electron chi connectivity index (χ3n) is 4.58. The van der Waals surface area contributed by atoms with E-state index in [0.29, 0.717) is 16.9 Å². The summed E-state index contributed by atoms with van der Waals surface area (Å²) in [5, 5.41) is 23.0. The molecule has 0 aliphatic heterocycles. The molecule has 4 rings (SSSR count). The van der Waals surface area contributed by atoms with E-state index in [0.717, 1.165) is 17.2 Å². The monoisotopic (exact) mass is 414 g/mol. The van der Waals surface area contributed by atoms with Gasteiger partial charge in [0.25, 0.3) is 11.4 Å². The van der Waals surface area contributed by atoms with Crippen LogP contribution in [0.2, 0.25) is 0 Å². The molecular weight excluding hydrogens is 398 g/mol. The first-order chi connectivity index (χ1) is 15.0. The smallest absolute Gasteiger partial charge is 0.346 e. The van der Waals surface area contributed by atoms with E-state index in [-0.39, 0.29) is 11.4 Å². The van der Waals surface area contributed by atoms with Gasteiger partial charge in [-0.05, 0) is 0 Å². The van der Waals surface area contributed by atoms with Crippen molar-refractivity contribution in [1.29, 1.82) is 0 Å². The molecule has 0 bridgehead atoms. The average molecular weight is 414 g/mol. The van der Waals surface area contributed by atoms with E-state index < -0.39 is 15.5 Å². The van der Waals surface area contributed by atoms with Gasteiger partial charge in [0, 0.05) is 23.3 Å². The molecule has 3 aromatic carbocycles. The van der Waals surface area contributed by atoms with Crippen LogP contribution in [0.15, 0.2) is 95.4 Å². The summed E-state index contributed by atoms with van der Waals surface area (Å²) in [6, 6.07) is 25.8. The largest absolute Gasteiger partial charge is 0.456 e. The quantitative estimate of drug-likeness (QED) is 0.395. The zero-order chi connectivity index (χ0) is 21.8. The second-order valence-electron chi connectivity index (χ2n) is 6.65. The molecule has 1 N–H and O–H groups in total. The normalized spacial score (nSPS) is 10.5. The van der Waals surface area contributed by atoms with Crippen LogP contribution >= 0.6 is 0 Å². The summed E-state index contributed by atoms with van der Waals surface area (Å²) in [5.41, 5.74) is 1.07. The third kappa shape index (κ3) is 4.38. The van der Waals surface area contributed by atoms with Crippen LogP contribution in [0.4, 0.5) is 17.1 Å². The number of nitrogens with one attached hydrogen (secondary N) is 1. The van der Waals surface area contributed by atoms with Crippen LogP contribution in [0.3, 0.4) is 0 Å². The van der Waals surface area contributed by atoms with Gasteiger partial charge in [0.15, 0.2) is 0 Å². The zero-order valence-electron chi connectivity index (χ0n) is 16.1. The molecule has 0 saturated carbocycles. The summed E-state index contributed by atoms with van der Waals surface area (Å²) in [7, 11) is 0. The van der Waals surface area contributed by atoms with Gasteiger partial charge in [-0.25, -0.2) is 0 Å². The molecular formula is C23H16N3O5+. The summed E-state index contributed by atoms with van der Waals surface area (Å²) in [6.07, 6.45) is 0. The lowest BCUT2D eigenvalue weighted by Crippen LogP contribution is -2.70. The molecule has 0 fully saturated rings. The summed E-state index contributed by atoms with van der Waals surface area (Å²) in [4.78, 5) is 24.2. The molecule has 1 heterocycles. The van der Waals surface area contributed by atoms with Crippen molar-refractivity contribution < 1.29 is 19.3 Å². The Balaban J connectivity index is 1.93. The SMILES string of the molecule is O=[N+]([O-])c1ccc([NH+]=c2cc(-c3ccccc3)oc(-c3ccccc3)c2)c([N+](=O)[O-])c1. The molecule has 0 unspecified atom stereocenters. The zero-order valence-corrected chi connectivity index (χ0v) is 16.1. The fourth-order valence-electron chi connectivity index (χ4n) is 3.11. The minimum Gasteiger partial charge on any atom is -0.456 e. The molecule has 0 saturated heterocycles. The first kappa shape index (κ1) is 19.7. The molecule has 0 aliphatic carbocycles. The van der Waals surface area contributed by atoms with Gasteiger partial charge in [-0.3, -0.25) is 20.2 Å². The number of nitrogens with zero attached hydrogens (tertiary/aromatic N) is 2. The standard InChI is InChI=1S/C23H15N3O5/c27-25(28)19-11-12-20(21(15-19)26(29)30)24-18-13-22(16-7-3-1-4-8-16)31-23(14-18)17-9-5-2-6-10-17/h1-15H/p+1. The van der Waals surface area contributed by atoms with E-state index in [9.17, 15) is 20.2 Å². The maximum absolute atomic E-state index is 11.5. The lowest BCUT2D eigenvalue weighted by molar-refractivity contribution is -0.434. The highest BCUT2D eigenvalue weighted by molar-refractivity contribution is 5.62. The predicted molar refractivity (Wildman–Crippen MR) is 113 cm³/mol. The highest BCUT2D eigenvalue weighted by atomic mass is 16.6. The average Bonchev–Trinajstić information content (AvgIpc) is 2.80. The van der Waals surface area contributed by atoms with Crippen molar-refractivity contribution in [3.63, 3.8) is 0 Å². The van der Waals surface area contributed by atoms with Gasteiger partial charge in [-0.1, -0.05) is 60.7 Å². The number of hydrogen-bond donors (Lipinski definition) is 1. The fraction of sp³-hybridized carbons (Fsp3) is 0. The van der Waals surface area contributed by atoms with Gasteiger partial charge in [-0.15, -0.1) is 0 Å². The summed E-state index contributed by atoms with van der Waals surface area (Å²) in [5.74, 6) is 1.13. The van der Waals surface area contributed by atoms with Crippen LogP contribution in [0.1, 0.15) is 0 Å². The Morgan fingerprint density at radius 3 is 1.71 bits per heavy atom. The number of non-ortho nitro benzene ring substituents is 1. The van der Waals surface area contributed by atoms with Crippen molar-refractivity contribution in [2.75, 3.05) is 0 Å². The number of nitro groups is 2. The van der Waals surface area contributed by atoms with E-state index in [1.165, 1.54) is 12.1 Å². The summed E-state index contributed by atoms with van der Waals surface area (Å²) in [6.45, 7) is 0. The van der Waals surface area contributed by atoms with E-state index in [1.807, 2.05) is 60.7 Å². The van der Waals surface area contributed by atoms with E-state index in [4.69, 9.17) is 4.42 Å². The molecule has 152 valence electrons. The first-order valence-corrected chi connectivity index (χ1v) is 9.30. The summed E-state index contributed by atoms with van der Waals surface area (Å²) >= 11 is 0. The second-order valence-corrected chi connectivity index (χ2v) is 6.65. The molecule has 8 nitrogen and oxygen atoms in total. The van der Waals surface area contributed by atoms with Crippen molar-refractivity contribution in [2.45, 2.75) is 0 Å². The van der Waals surface area contributed by atoms with Gasteiger partial charge < -0.3 is 4.42 Å². The number of hydrogen-bond acceptors (Lipinski definition) is 5. The highest BCUT2D eigenvalue weighted by Crippen LogP contribution is 2.26. The fourth-order valence-corrected chi connectivity index (χ4v) is 3.11. The van der Waals surface area contributed by atoms with Crippen molar-refractivity contribution in [3.8, 4) is 22.6 Å². The number of benzene rings is 3. The Labute approximate surface area is 176 Å². The van der Waals surface area contributed by atoms with Crippen LogP contribution in [0.25, 0.3) is 22.6 Å². The van der Waals surface area contributed by atoms with E-state index in [1.54, 1.807) is 12.1 Å².